The van der Waals surface area contributed by atoms with Gasteiger partial charge in [-0.2, -0.15) is 5.26 Å². The molecule has 0 N–H and O–H groups in total. The Balaban J connectivity index is 2.18. The van der Waals surface area contributed by atoms with Gasteiger partial charge < -0.3 is 0 Å². The first-order chi connectivity index (χ1) is 6.35. The molecule has 0 heterocycles. The maximum Gasteiger partial charge on any atom is 0.0991 e. The molecule has 1 aliphatic carbocycles. The number of benzene rings is 1. The van der Waals surface area contributed by atoms with E-state index in [1.165, 1.54) is 5.56 Å². The Morgan fingerprint density at radius 3 is 2.46 bits per heavy atom. The quantitative estimate of drug-likeness (QED) is 0.589. The Labute approximate surface area is 78.0 Å². The second-order valence-corrected chi connectivity index (χ2v) is 3.35. The molecule has 1 nitrogen and oxygen atoms in total. The van der Waals surface area contributed by atoms with Gasteiger partial charge in [0.2, 0.25) is 0 Å². The number of hydrogen-bond donors (Lipinski definition) is 0. The molecule has 0 aromatic heterocycles. The average Bonchev–Trinajstić information content (AvgIpc) is 2.97. The third kappa shape index (κ3) is 1.42. The second-order valence-electron chi connectivity index (χ2n) is 3.35. The van der Waals surface area contributed by atoms with Gasteiger partial charge in [0, 0.05) is 5.92 Å². The van der Waals surface area contributed by atoms with Crippen LogP contribution >= 0.6 is 0 Å². The fourth-order valence-corrected chi connectivity index (χ4v) is 1.55. The van der Waals surface area contributed by atoms with E-state index in [1.807, 2.05) is 24.3 Å². The molecule has 0 saturated heterocycles. The SMILES string of the molecule is C#CC1CC1c1ccc(C#N)cc1. The summed E-state index contributed by atoms with van der Waals surface area (Å²) in [6.45, 7) is 0. The Hall–Kier alpha value is -1.73. The highest BCUT2D eigenvalue weighted by Crippen LogP contribution is 2.46. The lowest BCUT2D eigenvalue weighted by Crippen LogP contribution is -1.82. The average molecular weight is 167 g/mol. The highest BCUT2D eigenvalue weighted by Gasteiger charge is 2.36. The Bertz CT molecular complexity index is 389. The maximum absolute atomic E-state index is 8.60. The fraction of sp³-hybridized carbons (Fsp3) is 0.250. The van der Waals surface area contributed by atoms with Crippen molar-refractivity contribution in [3.05, 3.63) is 35.4 Å². The summed E-state index contributed by atoms with van der Waals surface area (Å²) < 4.78 is 0. The van der Waals surface area contributed by atoms with E-state index in [4.69, 9.17) is 11.7 Å². The van der Waals surface area contributed by atoms with E-state index in [0.29, 0.717) is 17.4 Å². The van der Waals surface area contributed by atoms with E-state index in [2.05, 4.69) is 12.0 Å². The summed E-state index contributed by atoms with van der Waals surface area (Å²) in [7, 11) is 0. The zero-order valence-corrected chi connectivity index (χ0v) is 7.20. The predicted molar refractivity (Wildman–Crippen MR) is 50.8 cm³/mol. The standard InChI is InChI=1S/C12H9N/c1-2-10-7-12(10)11-5-3-9(8-13)4-6-11/h1,3-6,10,12H,7H2. The molecule has 0 amide bonds. The fourth-order valence-electron chi connectivity index (χ4n) is 1.55. The summed E-state index contributed by atoms with van der Waals surface area (Å²) in [5.41, 5.74) is 1.98. The first-order valence-electron chi connectivity index (χ1n) is 4.31. The molecule has 0 bridgehead atoms. The molecule has 1 heteroatoms. The van der Waals surface area contributed by atoms with E-state index >= 15 is 0 Å². The first-order valence-corrected chi connectivity index (χ1v) is 4.31. The Morgan fingerprint density at radius 1 is 1.31 bits per heavy atom. The smallest absolute Gasteiger partial charge is 0.0991 e. The van der Waals surface area contributed by atoms with Gasteiger partial charge in [-0.05, 0) is 30.0 Å². The lowest BCUT2D eigenvalue weighted by Gasteiger charge is -1.96. The molecule has 2 unspecified atom stereocenters. The Kier molecular flexibility index (Phi) is 1.80. The molecule has 2 rings (SSSR count). The largest absolute Gasteiger partial charge is 0.192 e. The van der Waals surface area contributed by atoms with Crippen LogP contribution in [0.25, 0.3) is 0 Å². The monoisotopic (exact) mass is 167 g/mol. The van der Waals surface area contributed by atoms with Gasteiger partial charge in [-0.3, -0.25) is 0 Å². The minimum absolute atomic E-state index is 0.424. The van der Waals surface area contributed by atoms with E-state index in [-0.39, 0.29) is 0 Å². The van der Waals surface area contributed by atoms with Crippen LogP contribution in [0, 0.1) is 29.6 Å². The maximum atomic E-state index is 8.60. The summed E-state index contributed by atoms with van der Waals surface area (Å²) in [4.78, 5) is 0. The molecule has 62 valence electrons. The predicted octanol–water partition coefficient (Wildman–Crippen LogP) is 2.29. The van der Waals surface area contributed by atoms with Gasteiger partial charge in [-0.1, -0.05) is 12.1 Å². The molecule has 2 atom stereocenters. The van der Waals surface area contributed by atoms with Gasteiger partial charge in [-0.25, -0.2) is 0 Å². The number of terminal acetylenes is 1. The minimum Gasteiger partial charge on any atom is -0.192 e. The van der Waals surface area contributed by atoms with Crippen LogP contribution in [0.5, 0.6) is 0 Å². The van der Waals surface area contributed by atoms with Crippen molar-refractivity contribution in [3.8, 4) is 18.4 Å². The zero-order valence-electron chi connectivity index (χ0n) is 7.20. The van der Waals surface area contributed by atoms with E-state index in [0.717, 1.165) is 6.42 Å². The van der Waals surface area contributed by atoms with Gasteiger partial charge in [0.15, 0.2) is 0 Å². The molecular weight excluding hydrogens is 158 g/mol. The van der Waals surface area contributed by atoms with Crippen LogP contribution in [0.3, 0.4) is 0 Å². The van der Waals surface area contributed by atoms with Crippen molar-refractivity contribution in [1.82, 2.24) is 0 Å². The Morgan fingerprint density at radius 2 is 2.00 bits per heavy atom. The summed E-state index contributed by atoms with van der Waals surface area (Å²) in [5.74, 6) is 3.71. The number of nitrogens with zero attached hydrogens (tertiary/aromatic N) is 1. The van der Waals surface area contributed by atoms with Crippen molar-refractivity contribution in [1.29, 1.82) is 5.26 Å². The number of hydrogen-bond acceptors (Lipinski definition) is 1. The van der Waals surface area contributed by atoms with Crippen LogP contribution in [-0.2, 0) is 0 Å². The van der Waals surface area contributed by atoms with Gasteiger partial charge in [0.1, 0.15) is 0 Å². The van der Waals surface area contributed by atoms with E-state index < -0.39 is 0 Å². The molecule has 1 saturated carbocycles. The third-order valence-corrected chi connectivity index (χ3v) is 2.47. The van der Waals surface area contributed by atoms with Gasteiger partial charge >= 0.3 is 0 Å². The third-order valence-electron chi connectivity index (χ3n) is 2.47. The molecule has 0 spiro atoms. The van der Waals surface area contributed by atoms with Gasteiger partial charge in [0.05, 0.1) is 11.6 Å². The van der Waals surface area contributed by atoms with Crippen molar-refractivity contribution in [3.63, 3.8) is 0 Å². The molecule has 0 aliphatic heterocycles. The normalized spacial score (nSPS) is 24.5. The highest BCUT2D eigenvalue weighted by atomic mass is 14.4. The molecule has 1 fully saturated rings. The first kappa shape index (κ1) is 7.90. The summed E-state index contributed by atoms with van der Waals surface area (Å²) in [6, 6.07) is 9.80. The van der Waals surface area contributed by atoms with Crippen LogP contribution < -0.4 is 0 Å². The van der Waals surface area contributed by atoms with E-state index in [1.54, 1.807) is 0 Å². The van der Waals surface area contributed by atoms with Crippen molar-refractivity contribution < 1.29 is 0 Å². The number of nitriles is 1. The molecule has 13 heavy (non-hydrogen) atoms. The lowest BCUT2D eigenvalue weighted by atomic mass is 10.1. The highest BCUT2D eigenvalue weighted by molar-refractivity contribution is 5.36. The van der Waals surface area contributed by atoms with Crippen LogP contribution in [-0.4, -0.2) is 0 Å². The molecule has 0 radical (unpaired) electrons. The summed E-state index contributed by atoms with van der Waals surface area (Å²) in [5, 5.41) is 8.60. The molecule has 1 aromatic rings. The number of rotatable bonds is 1. The van der Waals surface area contributed by atoms with Crippen LogP contribution in [0.15, 0.2) is 24.3 Å². The summed E-state index contributed by atoms with van der Waals surface area (Å²) >= 11 is 0. The van der Waals surface area contributed by atoms with Crippen LogP contribution in [0.4, 0.5) is 0 Å². The van der Waals surface area contributed by atoms with Crippen molar-refractivity contribution >= 4 is 0 Å². The molecular formula is C12H9N. The van der Waals surface area contributed by atoms with Gasteiger partial charge in [0.25, 0.3) is 0 Å². The van der Waals surface area contributed by atoms with Crippen molar-refractivity contribution in [2.45, 2.75) is 12.3 Å². The van der Waals surface area contributed by atoms with Crippen molar-refractivity contribution in [2.24, 2.45) is 5.92 Å². The molecule has 1 aliphatic rings. The van der Waals surface area contributed by atoms with Crippen LogP contribution in [0.1, 0.15) is 23.5 Å². The minimum atomic E-state index is 0.424. The van der Waals surface area contributed by atoms with Crippen molar-refractivity contribution in [2.75, 3.05) is 0 Å². The summed E-state index contributed by atoms with van der Waals surface area (Å²) in [6.07, 6.45) is 6.41. The van der Waals surface area contributed by atoms with E-state index in [9.17, 15) is 0 Å². The lowest BCUT2D eigenvalue weighted by molar-refractivity contribution is 1.04. The second kappa shape index (κ2) is 2.96. The molecule has 1 aromatic carbocycles. The van der Waals surface area contributed by atoms with Gasteiger partial charge in [-0.15, -0.1) is 12.3 Å². The zero-order chi connectivity index (χ0) is 9.26. The van der Waals surface area contributed by atoms with Crippen LogP contribution in [0.2, 0.25) is 0 Å². The topological polar surface area (TPSA) is 23.8 Å².